The highest BCUT2D eigenvalue weighted by molar-refractivity contribution is 5.34. The van der Waals surface area contributed by atoms with E-state index in [9.17, 15) is 0 Å². The summed E-state index contributed by atoms with van der Waals surface area (Å²) in [6, 6.07) is 2.00. The molecule has 1 atom stereocenters. The van der Waals surface area contributed by atoms with Crippen LogP contribution in [0.15, 0.2) is 12.3 Å². The van der Waals surface area contributed by atoms with Gasteiger partial charge in [0.2, 0.25) is 5.95 Å². The van der Waals surface area contributed by atoms with E-state index in [0.717, 1.165) is 37.7 Å². The average molecular weight is 248 g/mol. The molecular formula is C14H24N4. The van der Waals surface area contributed by atoms with Crippen molar-refractivity contribution in [3.63, 3.8) is 0 Å². The van der Waals surface area contributed by atoms with E-state index in [4.69, 9.17) is 10.7 Å². The molecule has 0 saturated carbocycles. The van der Waals surface area contributed by atoms with Crippen molar-refractivity contribution in [2.24, 2.45) is 11.1 Å². The SMILES string of the molecule is CC1(CN)CCN(c2nccc(C(C)(C)C)n2)C1. The monoisotopic (exact) mass is 248 g/mol. The molecule has 2 N–H and O–H groups in total. The standard InChI is InChI=1S/C14H24N4/c1-13(2,3)11-5-7-16-12(17-11)18-8-6-14(4,9-15)10-18/h5,7H,6,8-10,15H2,1-4H3. The molecule has 4 nitrogen and oxygen atoms in total. The van der Waals surface area contributed by atoms with Gasteiger partial charge in [-0.1, -0.05) is 27.7 Å². The predicted octanol–water partition coefficient (Wildman–Crippen LogP) is 1.95. The van der Waals surface area contributed by atoms with Crippen molar-refractivity contribution in [1.29, 1.82) is 0 Å². The summed E-state index contributed by atoms with van der Waals surface area (Å²) in [5.74, 6) is 0.847. The number of aromatic nitrogens is 2. The zero-order valence-corrected chi connectivity index (χ0v) is 11.9. The Kier molecular flexibility index (Phi) is 3.32. The van der Waals surface area contributed by atoms with Gasteiger partial charge in [0.1, 0.15) is 0 Å². The van der Waals surface area contributed by atoms with Crippen LogP contribution in [-0.4, -0.2) is 29.6 Å². The largest absolute Gasteiger partial charge is 0.340 e. The molecule has 1 aliphatic heterocycles. The number of anilines is 1. The third-order valence-corrected chi connectivity index (χ3v) is 3.74. The van der Waals surface area contributed by atoms with Crippen LogP contribution in [0.3, 0.4) is 0 Å². The lowest BCUT2D eigenvalue weighted by molar-refractivity contribution is 0.383. The predicted molar refractivity (Wildman–Crippen MR) is 74.7 cm³/mol. The van der Waals surface area contributed by atoms with Gasteiger partial charge in [-0.3, -0.25) is 0 Å². The first-order chi connectivity index (χ1) is 8.34. The normalized spacial score (nSPS) is 24.6. The van der Waals surface area contributed by atoms with E-state index in [1.54, 1.807) is 0 Å². The van der Waals surface area contributed by atoms with E-state index >= 15 is 0 Å². The second kappa shape index (κ2) is 4.50. The Hall–Kier alpha value is -1.16. The van der Waals surface area contributed by atoms with Crippen LogP contribution in [0, 0.1) is 5.41 Å². The molecule has 0 aromatic carbocycles. The molecule has 2 heterocycles. The first-order valence-corrected chi connectivity index (χ1v) is 6.63. The zero-order chi connectivity index (χ0) is 13.4. The smallest absolute Gasteiger partial charge is 0.225 e. The molecule has 0 radical (unpaired) electrons. The lowest BCUT2D eigenvalue weighted by Crippen LogP contribution is -2.32. The number of nitrogens with zero attached hydrogens (tertiary/aromatic N) is 3. The minimum Gasteiger partial charge on any atom is -0.340 e. The van der Waals surface area contributed by atoms with E-state index < -0.39 is 0 Å². The average Bonchev–Trinajstić information content (AvgIpc) is 2.72. The summed E-state index contributed by atoms with van der Waals surface area (Å²) in [5, 5.41) is 0. The van der Waals surface area contributed by atoms with Crippen molar-refractivity contribution in [3.05, 3.63) is 18.0 Å². The Morgan fingerprint density at radius 1 is 1.44 bits per heavy atom. The van der Waals surface area contributed by atoms with Crippen molar-refractivity contribution >= 4 is 5.95 Å². The maximum Gasteiger partial charge on any atom is 0.225 e. The van der Waals surface area contributed by atoms with Crippen molar-refractivity contribution < 1.29 is 0 Å². The molecule has 0 bridgehead atoms. The Morgan fingerprint density at radius 2 is 2.17 bits per heavy atom. The van der Waals surface area contributed by atoms with Gasteiger partial charge in [-0.05, 0) is 24.4 Å². The Balaban J connectivity index is 2.21. The van der Waals surface area contributed by atoms with Gasteiger partial charge in [0, 0.05) is 24.7 Å². The van der Waals surface area contributed by atoms with Gasteiger partial charge in [-0.2, -0.15) is 0 Å². The molecule has 0 amide bonds. The molecule has 2 rings (SSSR count). The summed E-state index contributed by atoms with van der Waals surface area (Å²) in [6.45, 7) is 11.4. The van der Waals surface area contributed by atoms with E-state index in [2.05, 4.69) is 37.6 Å². The number of hydrogen-bond donors (Lipinski definition) is 1. The van der Waals surface area contributed by atoms with Crippen molar-refractivity contribution in [3.8, 4) is 0 Å². The van der Waals surface area contributed by atoms with Gasteiger partial charge < -0.3 is 10.6 Å². The summed E-state index contributed by atoms with van der Waals surface area (Å²) in [5.41, 5.74) is 7.21. The summed E-state index contributed by atoms with van der Waals surface area (Å²) >= 11 is 0. The summed E-state index contributed by atoms with van der Waals surface area (Å²) in [4.78, 5) is 11.4. The lowest BCUT2D eigenvalue weighted by atomic mass is 9.90. The molecule has 4 heteroatoms. The lowest BCUT2D eigenvalue weighted by Gasteiger charge is -2.24. The molecule has 1 aliphatic rings. The molecule has 1 unspecified atom stereocenters. The van der Waals surface area contributed by atoms with Gasteiger partial charge in [0.15, 0.2) is 0 Å². The Morgan fingerprint density at radius 3 is 2.72 bits per heavy atom. The molecule has 18 heavy (non-hydrogen) atoms. The van der Waals surface area contributed by atoms with Gasteiger partial charge in [0.25, 0.3) is 0 Å². The van der Waals surface area contributed by atoms with E-state index in [-0.39, 0.29) is 10.8 Å². The highest BCUT2D eigenvalue weighted by Crippen LogP contribution is 2.31. The first kappa shape index (κ1) is 13.3. The fraction of sp³-hybridized carbons (Fsp3) is 0.714. The molecule has 1 saturated heterocycles. The fourth-order valence-corrected chi connectivity index (χ4v) is 2.28. The van der Waals surface area contributed by atoms with E-state index in [1.807, 2.05) is 12.3 Å². The van der Waals surface area contributed by atoms with Crippen LogP contribution >= 0.6 is 0 Å². The third-order valence-electron chi connectivity index (χ3n) is 3.74. The molecule has 100 valence electrons. The van der Waals surface area contributed by atoms with Crippen LogP contribution < -0.4 is 10.6 Å². The maximum atomic E-state index is 5.84. The minimum atomic E-state index is 0.0641. The van der Waals surface area contributed by atoms with Gasteiger partial charge in [-0.15, -0.1) is 0 Å². The van der Waals surface area contributed by atoms with E-state index in [1.165, 1.54) is 0 Å². The Bertz CT molecular complexity index is 424. The van der Waals surface area contributed by atoms with Crippen molar-refractivity contribution in [1.82, 2.24) is 9.97 Å². The summed E-state index contributed by atoms with van der Waals surface area (Å²) in [7, 11) is 0. The molecule has 1 aromatic rings. The third kappa shape index (κ3) is 2.64. The second-order valence-electron chi connectivity index (χ2n) is 6.68. The van der Waals surface area contributed by atoms with Crippen molar-refractivity contribution in [2.75, 3.05) is 24.5 Å². The number of rotatable bonds is 2. The highest BCUT2D eigenvalue weighted by atomic mass is 15.3. The van der Waals surface area contributed by atoms with Crippen LogP contribution in [-0.2, 0) is 5.41 Å². The van der Waals surface area contributed by atoms with Crippen LogP contribution in [0.2, 0.25) is 0 Å². The quantitative estimate of drug-likeness (QED) is 0.869. The van der Waals surface area contributed by atoms with Gasteiger partial charge in [0.05, 0.1) is 5.69 Å². The molecule has 1 aromatic heterocycles. The molecule has 0 aliphatic carbocycles. The second-order valence-corrected chi connectivity index (χ2v) is 6.68. The summed E-state index contributed by atoms with van der Waals surface area (Å²) < 4.78 is 0. The molecular weight excluding hydrogens is 224 g/mol. The topological polar surface area (TPSA) is 55.0 Å². The zero-order valence-electron chi connectivity index (χ0n) is 11.9. The first-order valence-electron chi connectivity index (χ1n) is 6.63. The fourth-order valence-electron chi connectivity index (χ4n) is 2.28. The van der Waals surface area contributed by atoms with Crippen LogP contribution in [0.25, 0.3) is 0 Å². The summed E-state index contributed by atoms with van der Waals surface area (Å²) in [6.07, 6.45) is 2.98. The maximum absolute atomic E-state index is 5.84. The van der Waals surface area contributed by atoms with Gasteiger partial charge in [-0.25, -0.2) is 9.97 Å². The van der Waals surface area contributed by atoms with Crippen LogP contribution in [0.1, 0.15) is 39.8 Å². The number of nitrogens with two attached hydrogens (primary N) is 1. The Labute approximate surface area is 110 Å². The number of hydrogen-bond acceptors (Lipinski definition) is 4. The van der Waals surface area contributed by atoms with Crippen LogP contribution in [0.4, 0.5) is 5.95 Å². The van der Waals surface area contributed by atoms with Crippen LogP contribution in [0.5, 0.6) is 0 Å². The van der Waals surface area contributed by atoms with E-state index in [0.29, 0.717) is 0 Å². The van der Waals surface area contributed by atoms with Crippen molar-refractivity contribution in [2.45, 2.75) is 39.5 Å². The minimum absolute atomic E-state index is 0.0641. The van der Waals surface area contributed by atoms with Gasteiger partial charge >= 0.3 is 0 Å². The molecule has 1 fully saturated rings. The molecule has 0 spiro atoms. The highest BCUT2D eigenvalue weighted by Gasteiger charge is 2.33.